The molecular formula is C13H17ClO3. The first-order valence-electron chi connectivity index (χ1n) is 5.74. The SMILES string of the molecule is CCC(CC)COc1ccc(C(=O)O)cc1Cl. The van der Waals surface area contributed by atoms with Crippen molar-refractivity contribution in [1.82, 2.24) is 0 Å². The third-order valence-corrected chi connectivity index (χ3v) is 3.10. The fraction of sp³-hybridized carbons (Fsp3) is 0.462. The summed E-state index contributed by atoms with van der Waals surface area (Å²) < 4.78 is 5.59. The Balaban J connectivity index is 2.69. The number of ether oxygens (including phenoxy) is 1. The lowest BCUT2D eigenvalue weighted by Crippen LogP contribution is -2.10. The minimum atomic E-state index is -0.988. The van der Waals surface area contributed by atoms with Crippen LogP contribution in [-0.4, -0.2) is 17.7 Å². The van der Waals surface area contributed by atoms with Crippen LogP contribution in [0, 0.1) is 5.92 Å². The minimum Gasteiger partial charge on any atom is -0.492 e. The standard InChI is InChI=1S/C13H17ClO3/c1-3-9(4-2)8-17-12-6-5-10(13(15)16)7-11(12)14/h5-7,9H,3-4,8H2,1-2H3,(H,15,16). The van der Waals surface area contributed by atoms with E-state index in [1.807, 2.05) is 0 Å². The highest BCUT2D eigenvalue weighted by Gasteiger charge is 2.10. The summed E-state index contributed by atoms with van der Waals surface area (Å²) in [6.45, 7) is 4.85. The van der Waals surface area contributed by atoms with Crippen molar-refractivity contribution in [3.05, 3.63) is 28.8 Å². The van der Waals surface area contributed by atoms with Gasteiger partial charge < -0.3 is 9.84 Å². The van der Waals surface area contributed by atoms with Crippen molar-refractivity contribution >= 4 is 17.6 Å². The molecule has 0 bridgehead atoms. The third kappa shape index (κ3) is 3.93. The van der Waals surface area contributed by atoms with E-state index in [1.165, 1.54) is 12.1 Å². The summed E-state index contributed by atoms with van der Waals surface area (Å²) in [6, 6.07) is 4.51. The fourth-order valence-corrected chi connectivity index (χ4v) is 1.72. The van der Waals surface area contributed by atoms with Gasteiger partial charge >= 0.3 is 5.97 Å². The Labute approximate surface area is 106 Å². The normalized spacial score (nSPS) is 10.6. The van der Waals surface area contributed by atoms with Gasteiger partial charge in [-0.15, -0.1) is 0 Å². The van der Waals surface area contributed by atoms with Crippen LogP contribution in [-0.2, 0) is 0 Å². The Morgan fingerprint density at radius 3 is 2.53 bits per heavy atom. The molecule has 3 nitrogen and oxygen atoms in total. The highest BCUT2D eigenvalue weighted by Crippen LogP contribution is 2.26. The number of carboxylic acid groups (broad SMARTS) is 1. The summed E-state index contributed by atoms with van der Waals surface area (Å²) in [6.07, 6.45) is 2.11. The van der Waals surface area contributed by atoms with Gasteiger partial charge in [-0.05, 0) is 24.1 Å². The Morgan fingerprint density at radius 2 is 2.06 bits per heavy atom. The smallest absolute Gasteiger partial charge is 0.335 e. The van der Waals surface area contributed by atoms with Crippen LogP contribution < -0.4 is 4.74 Å². The fourth-order valence-electron chi connectivity index (χ4n) is 1.48. The number of carboxylic acids is 1. The topological polar surface area (TPSA) is 46.5 Å². The first kappa shape index (κ1) is 13.8. The zero-order chi connectivity index (χ0) is 12.8. The van der Waals surface area contributed by atoms with Gasteiger partial charge in [-0.25, -0.2) is 4.79 Å². The zero-order valence-electron chi connectivity index (χ0n) is 10.1. The molecule has 0 saturated carbocycles. The molecule has 0 heterocycles. The van der Waals surface area contributed by atoms with Gasteiger partial charge in [-0.1, -0.05) is 38.3 Å². The summed E-state index contributed by atoms with van der Waals surface area (Å²) in [4.78, 5) is 10.7. The molecule has 1 aromatic rings. The van der Waals surface area contributed by atoms with Gasteiger partial charge in [-0.2, -0.15) is 0 Å². The average Bonchev–Trinajstić information content (AvgIpc) is 2.31. The van der Waals surface area contributed by atoms with Gasteiger partial charge in [0, 0.05) is 0 Å². The molecule has 0 aliphatic rings. The van der Waals surface area contributed by atoms with Gasteiger partial charge in [0.2, 0.25) is 0 Å². The molecule has 0 fully saturated rings. The van der Waals surface area contributed by atoms with Crippen LogP contribution in [0.2, 0.25) is 5.02 Å². The second-order valence-corrected chi connectivity index (χ2v) is 4.35. The molecule has 0 aliphatic heterocycles. The molecule has 0 unspecified atom stereocenters. The molecule has 4 heteroatoms. The monoisotopic (exact) mass is 256 g/mol. The third-order valence-electron chi connectivity index (χ3n) is 2.81. The molecule has 0 amide bonds. The summed E-state index contributed by atoms with van der Waals surface area (Å²) >= 11 is 5.95. The van der Waals surface area contributed by atoms with Crippen molar-refractivity contribution in [2.24, 2.45) is 5.92 Å². The van der Waals surface area contributed by atoms with Crippen molar-refractivity contribution < 1.29 is 14.6 Å². The molecule has 0 aliphatic carbocycles. The highest BCUT2D eigenvalue weighted by atomic mass is 35.5. The quantitative estimate of drug-likeness (QED) is 0.841. The highest BCUT2D eigenvalue weighted by molar-refractivity contribution is 6.32. The number of rotatable bonds is 6. The first-order valence-corrected chi connectivity index (χ1v) is 6.11. The van der Waals surface area contributed by atoms with Crippen LogP contribution in [0.1, 0.15) is 37.0 Å². The van der Waals surface area contributed by atoms with Crippen LogP contribution >= 0.6 is 11.6 Å². The maximum atomic E-state index is 10.7. The van der Waals surface area contributed by atoms with E-state index in [4.69, 9.17) is 21.4 Å². The number of hydrogen-bond donors (Lipinski definition) is 1. The lowest BCUT2D eigenvalue weighted by atomic mass is 10.1. The predicted octanol–water partition coefficient (Wildman–Crippen LogP) is 3.85. The molecule has 0 atom stereocenters. The van der Waals surface area contributed by atoms with Crippen molar-refractivity contribution in [3.63, 3.8) is 0 Å². The summed E-state index contributed by atoms with van der Waals surface area (Å²) in [7, 11) is 0. The number of aromatic carboxylic acids is 1. The van der Waals surface area contributed by atoms with Crippen LogP contribution in [0.4, 0.5) is 0 Å². The second-order valence-electron chi connectivity index (χ2n) is 3.94. The Bertz CT molecular complexity index is 386. The van der Waals surface area contributed by atoms with Crippen LogP contribution in [0.5, 0.6) is 5.75 Å². The van der Waals surface area contributed by atoms with E-state index in [2.05, 4.69) is 13.8 Å². The maximum Gasteiger partial charge on any atom is 0.335 e. The summed E-state index contributed by atoms with van der Waals surface area (Å²) in [5.41, 5.74) is 0.171. The second kappa shape index (κ2) is 6.50. The van der Waals surface area contributed by atoms with Crippen LogP contribution in [0.15, 0.2) is 18.2 Å². The van der Waals surface area contributed by atoms with Crippen molar-refractivity contribution in [3.8, 4) is 5.75 Å². The van der Waals surface area contributed by atoms with Gasteiger partial charge in [0.1, 0.15) is 5.75 Å². The molecule has 0 aromatic heterocycles. The van der Waals surface area contributed by atoms with Gasteiger partial charge in [0.05, 0.1) is 17.2 Å². The van der Waals surface area contributed by atoms with E-state index in [-0.39, 0.29) is 5.56 Å². The average molecular weight is 257 g/mol. The number of halogens is 1. The van der Waals surface area contributed by atoms with Crippen LogP contribution in [0.3, 0.4) is 0 Å². The van der Waals surface area contributed by atoms with Crippen molar-refractivity contribution in [2.45, 2.75) is 26.7 Å². The Morgan fingerprint density at radius 1 is 1.41 bits per heavy atom. The molecule has 1 N–H and O–H groups in total. The molecule has 0 spiro atoms. The van der Waals surface area contributed by atoms with Gasteiger partial charge in [0.15, 0.2) is 0 Å². The van der Waals surface area contributed by atoms with E-state index in [0.717, 1.165) is 12.8 Å². The van der Waals surface area contributed by atoms with Gasteiger partial charge in [0.25, 0.3) is 0 Å². The van der Waals surface area contributed by atoms with Gasteiger partial charge in [-0.3, -0.25) is 0 Å². The van der Waals surface area contributed by atoms with Crippen LogP contribution in [0.25, 0.3) is 0 Å². The van der Waals surface area contributed by atoms with E-state index >= 15 is 0 Å². The Hall–Kier alpha value is -1.22. The zero-order valence-corrected chi connectivity index (χ0v) is 10.8. The molecule has 0 saturated heterocycles. The van der Waals surface area contributed by atoms with E-state index in [9.17, 15) is 4.79 Å². The summed E-state index contributed by atoms with van der Waals surface area (Å²) in [5.74, 6) is 0.0622. The number of hydrogen-bond acceptors (Lipinski definition) is 2. The van der Waals surface area contributed by atoms with E-state index < -0.39 is 5.97 Å². The molecule has 1 aromatic carbocycles. The van der Waals surface area contributed by atoms with Crippen molar-refractivity contribution in [2.75, 3.05) is 6.61 Å². The maximum absolute atomic E-state index is 10.7. The first-order chi connectivity index (χ1) is 8.08. The van der Waals surface area contributed by atoms with E-state index in [1.54, 1.807) is 6.07 Å². The minimum absolute atomic E-state index is 0.171. The molecule has 0 radical (unpaired) electrons. The number of carbonyl (C=O) groups is 1. The number of benzene rings is 1. The van der Waals surface area contributed by atoms with Crippen molar-refractivity contribution in [1.29, 1.82) is 0 Å². The Kier molecular flexibility index (Phi) is 5.29. The largest absolute Gasteiger partial charge is 0.492 e. The predicted molar refractivity (Wildman–Crippen MR) is 68.0 cm³/mol. The summed E-state index contributed by atoms with van der Waals surface area (Å²) in [5, 5.41) is 9.14. The van der Waals surface area contributed by atoms with E-state index in [0.29, 0.717) is 23.3 Å². The molecule has 94 valence electrons. The lowest BCUT2D eigenvalue weighted by Gasteiger charge is -2.14. The molecule has 1 rings (SSSR count). The molecular weight excluding hydrogens is 240 g/mol. The molecule has 17 heavy (non-hydrogen) atoms. The lowest BCUT2D eigenvalue weighted by molar-refractivity contribution is 0.0697.